The monoisotopic (exact) mass is 482 g/mol. The number of hydrogen-bond donors (Lipinski definition) is 1. The van der Waals surface area contributed by atoms with E-state index in [-0.39, 0.29) is 12.2 Å². The fourth-order valence-corrected chi connectivity index (χ4v) is 4.66. The smallest absolute Gasteiger partial charge is 0.493 e. The van der Waals surface area contributed by atoms with Gasteiger partial charge in [-0.1, -0.05) is 0 Å². The Hall–Kier alpha value is -3.28. The van der Waals surface area contributed by atoms with E-state index in [1.54, 1.807) is 18.5 Å². The predicted octanol–water partition coefficient (Wildman–Crippen LogP) is 3.07. The van der Waals surface area contributed by atoms with Gasteiger partial charge in [-0.2, -0.15) is 13.2 Å². The molecule has 1 aliphatic heterocycles. The molecule has 1 N–H and O–H groups in total. The Morgan fingerprint density at radius 3 is 2.33 bits per heavy atom. The average Bonchev–Trinajstić information content (AvgIpc) is 3.07. The Balaban J connectivity index is 1.65. The zero-order valence-electron chi connectivity index (χ0n) is 17.4. The number of sulfone groups is 1. The van der Waals surface area contributed by atoms with Crippen LogP contribution < -0.4 is 10.6 Å². The van der Waals surface area contributed by atoms with Crippen molar-refractivity contribution < 1.29 is 26.7 Å². The molecule has 0 bridgehead atoms. The van der Waals surface area contributed by atoms with Crippen LogP contribution in [0.4, 0.5) is 18.9 Å². The van der Waals surface area contributed by atoms with Gasteiger partial charge in [-0.3, -0.25) is 9.55 Å². The second-order valence-electron chi connectivity index (χ2n) is 7.73. The van der Waals surface area contributed by atoms with Crippen molar-refractivity contribution in [1.29, 1.82) is 0 Å². The Morgan fingerprint density at radius 2 is 1.70 bits per heavy atom. The number of alkyl halides is 3. The summed E-state index contributed by atoms with van der Waals surface area (Å²) in [7, 11) is -5.51. The van der Waals surface area contributed by atoms with Crippen molar-refractivity contribution in [3.63, 3.8) is 0 Å². The van der Waals surface area contributed by atoms with E-state index in [1.807, 2.05) is 0 Å². The molecule has 0 aliphatic carbocycles. The molecular formula is C21H21F3N4O4S. The molecular weight excluding hydrogens is 461 g/mol. The molecule has 0 atom stereocenters. The molecule has 3 heterocycles. The summed E-state index contributed by atoms with van der Waals surface area (Å²) in [4.78, 5) is 18.4. The maximum atomic E-state index is 13.0. The van der Waals surface area contributed by atoms with E-state index in [1.165, 1.54) is 10.8 Å². The first kappa shape index (κ1) is 22.9. The van der Waals surface area contributed by atoms with Crippen LogP contribution in [0.5, 0.6) is 5.88 Å². The van der Waals surface area contributed by atoms with Crippen LogP contribution in [0, 0.1) is 0 Å². The fourth-order valence-electron chi connectivity index (χ4n) is 3.89. The number of aromatic hydroxyl groups is 1. The number of benzene rings is 1. The fraction of sp³-hybridized carbons (Fsp3) is 0.333. The molecule has 0 saturated carbocycles. The van der Waals surface area contributed by atoms with Gasteiger partial charge in [-0.25, -0.2) is 17.8 Å². The van der Waals surface area contributed by atoms with E-state index in [4.69, 9.17) is 0 Å². The molecule has 1 aromatic carbocycles. The third-order valence-electron chi connectivity index (χ3n) is 5.57. The van der Waals surface area contributed by atoms with Gasteiger partial charge in [-0.15, -0.1) is 0 Å². The van der Waals surface area contributed by atoms with Crippen molar-refractivity contribution in [3.05, 3.63) is 65.0 Å². The zero-order chi connectivity index (χ0) is 23.8. The summed E-state index contributed by atoms with van der Waals surface area (Å²) < 4.78 is 63.5. The summed E-state index contributed by atoms with van der Waals surface area (Å²) in [5, 5.41) is 10.3. The summed E-state index contributed by atoms with van der Waals surface area (Å²) in [6.07, 6.45) is 7.86. The minimum atomic E-state index is -5.51. The maximum absolute atomic E-state index is 13.0. The standard InChI is InChI=1S/C21H21F3N4O4S/c22-21(23,24)33(31,32)17-6-4-16(5-7-17)28-19(29)14-27(20(28)30)13-15-8-9-25-12-18(15)26-10-2-1-3-11-26/h4-9,12,14,29H,1-3,10-11,13H2. The van der Waals surface area contributed by atoms with Crippen LogP contribution in [-0.4, -0.2) is 46.2 Å². The van der Waals surface area contributed by atoms with Gasteiger partial charge in [-0.05, 0) is 55.2 Å². The molecule has 0 radical (unpaired) electrons. The minimum absolute atomic E-state index is 0.0309. The molecule has 2 aromatic heterocycles. The van der Waals surface area contributed by atoms with Gasteiger partial charge in [0.05, 0.1) is 35.2 Å². The molecule has 1 aliphatic rings. The van der Waals surface area contributed by atoms with Crippen LogP contribution in [0.25, 0.3) is 5.69 Å². The van der Waals surface area contributed by atoms with Crippen molar-refractivity contribution in [2.24, 2.45) is 0 Å². The predicted molar refractivity (Wildman–Crippen MR) is 114 cm³/mol. The van der Waals surface area contributed by atoms with Crippen LogP contribution in [-0.2, 0) is 16.4 Å². The number of aromatic nitrogens is 3. The van der Waals surface area contributed by atoms with Crippen LogP contribution in [0.2, 0.25) is 0 Å². The highest BCUT2D eigenvalue weighted by Gasteiger charge is 2.46. The molecule has 1 fully saturated rings. The van der Waals surface area contributed by atoms with Crippen molar-refractivity contribution in [2.45, 2.75) is 36.2 Å². The number of imidazole rings is 1. The highest BCUT2D eigenvalue weighted by atomic mass is 32.2. The quantitative estimate of drug-likeness (QED) is 0.600. The third-order valence-corrected chi connectivity index (χ3v) is 7.07. The van der Waals surface area contributed by atoms with E-state index in [2.05, 4.69) is 9.88 Å². The van der Waals surface area contributed by atoms with Crippen molar-refractivity contribution >= 4 is 15.5 Å². The van der Waals surface area contributed by atoms with Crippen LogP contribution in [0.15, 0.2) is 58.6 Å². The highest BCUT2D eigenvalue weighted by Crippen LogP contribution is 2.31. The van der Waals surface area contributed by atoms with Gasteiger partial charge in [0.15, 0.2) is 0 Å². The molecule has 33 heavy (non-hydrogen) atoms. The lowest BCUT2D eigenvalue weighted by Gasteiger charge is -2.30. The first-order valence-corrected chi connectivity index (χ1v) is 11.7. The number of nitrogens with zero attached hydrogens (tertiary/aromatic N) is 4. The average molecular weight is 482 g/mol. The lowest BCUT2D eigenvalue weighted by Crippen LogP contribution is -2.31. The molecule has 1 saturated heterocycles. The second-order valence-corrected chi connectivity index (χ2v) is 9.67. The lowest BCUT2D eigenvalue weighted by molar-refractivity contribution is -0.0436. The van der Waals surface area contributed by atoms with Gasteiger partial charge >= 0.3 is 11.2 Å². The number of rotatable bonds is 5. The van der Waals surface area contributed by atoms with E-state index >= 15 is 0 Å². The van der Waals surface area contributed by atoms with Crippen LogP contribution in [0.1, 0.15) is 24.8 Å². The van der Waals surface area contributed by atoms with Crippen molar-refractivity contribution in [1.82, 2.24) is 14.1 Å². The third kappa shape index (κ3) is 4.34. The van der Waals surface area contributed by atoms with Crippen LogP contribution in [0.3, 0.4) is 0 Å². The van der Waals surface area contributed by atoms with Crippen molar-refractivity contribution in [2.75, 3.05) is 18.0 Å². The number of halogens is 3. The Labute approximate surface area is 187 Å². The van der Waals surface area contributed by atoms with Gasteiger partial charge in [0, 0.05) is 19.3 Å². The molecule has 0 unspecified atom stereocenters. The minimum Gasteiger partial charge on any atom is -0.493 e. The van der Waals surface area contributed by atoms with Gasteiger partial charge in [0.2, 0.25) is 5.88 Å². The molecule has 3 aromatic rings. The molecule has 8 nitrogen and oxygen atoms in total. The van der Waals surface area contributed by atoms with E-state index < -0.39 is 31.8 Å². The van der Waals surface area contributed by atoms with Crippen LogP contribution >= 0.6 is 0 Å². The van der Waals surface area contributed by atoms with Crippen molar-refractivity contribution in [3.8, 4) is 11.6 Å². The first-order chi connectivity index (χ1) is 15.6. The molecule has 0 spiro atoms. The van der Waals surface area contributed by atoms with E-state index in [9.17, 15) is 31.5 Å². The Kier molecular flexibility index (Phi) is 5.95. The summed E-state index contributed by atoms with van der Waals surface area (Å²) in [5.41, 5.74) is -4.30. The van der Waals surface area contributed by atoms with Gasteiger partial charge in [0.1, 0.15) is 0 Å². The summed E-state index contributed by atoms with van der Waals surface area (Å²) >= 11 is 0. The summed E-state index contributed by atoms with van der Waals surface area (Å²) in [6, 6.07) is 5.37. The second kappa shape index (κ2) is 8.58. The van der Waals surface area contributed by atoms with Gasteiger partial charge in [0.25, 0.3) is 9.84 Å². The number of anilines is 1. The number of piperidine rings is 1. The molecule has 0 amide bonds. The normalized spacial score (nSPS) is 15.1. The maximum Gasteiger partial charge on any atom is 0.501 e. The number of pyridine rings is 1. The largest absolute Gasteiger partial charge is 0.501 e. The van der Waals surface area contributed by atoms with E-state index in [0.717, 1.165) is 72.4 Å². The Morgan fingerprint density at radius 1 is 1.03 bits per heavy atom. The summed E-state index contributed by atoms with van der Waals surface area (Å²) in [5.74, 6) is -0.431. The van der Waals surface area contributed by atoms with Gasteiger partial charge < -0.3 is 10.0 Å². The topological polar surface area (TPSA) is 97.4 Å². The van der Waals surface area contributed by atoms with E-state index in [0.29, 0.717) is 0 Å². The molecule has 12 heteroatoms. The molecule has 4 rings (SSSR count). The SMILES string of the molecule is O=c1n(Cc2ccncc2N2CCCCC2)cc(O)n1-c1ccc(S(=O)(=O)C(F)(F)F)cc1. The summed E-state index contributed by atoms with van der Waals surface area (Å²) in [6.45, 7) is 1.91. The highest BCUT2D eigenvalue weighted by molar-refractivity contribution is 7.92. The molecule has 176 valence electrons. The Bertz CT molecular complexity index is 1310. The lowest BCUT2D eigenvalue weighted by atomic mass is 10.1. The first-order valence-electron chi connectivity index (χ1n) is 10.2. The number of hydrogen-bond acceptors (Lipinski definition) is 6. The zero-order valence-corrected chi connectivity index (χ0v) is 18.2.